The minimum Gasteiger partial charge on any atom is -0.449 e. The summed E-state index contributed by atoms with van der Waals surface area (Å²) in [5.41, 5.74) is -0.564. The van der Waals surface area contributed by atoms with Crippen LogP contribution in [-0.4, -0.2) is 49.3 Å². The molecule has 1 N–H and O–H groups in total. The van der Waals surface area contributed by atoms with E-state index in [1.54, 1.807) is 0 Å². The number of carbonyl (C=O) groups excluding carboxylic acids is 2. The minimum atomic E-state index is -4.59. The third-order valence-electron chi connectivity index (χ3n) is 4.57. The Bertz CT molecular complexity index is 965. The van der Waals surface area contributed by atoms with E-state index >= 15 is 0 Å². The van der Waals surface area contributed by atoms with Crippen LogP contribution in [0.25, 0.3) is 0 Å². The van der Waals surface area contributed by atoms with Gasteiger partial charge in [0.25, 0.3) is 5.91 Å². The molecule has 1 unspecified atom stereocenters. The molecule has 1 fully saturated rings. The summed E-state index contributed by atoms with van der Waals surface area (Å²) in [5.74, 6) is -1.67. The van der Waals surface area contributed by atoms with Crippen molar-refractivity contribution in [2.75, 3.05) is 36.5 Å². The molecule has 3 rings (SSSR count). The van der Waals surface area contributed by atoms with Crippen LogP contribution in [0.5, 0.6) is 0 Å². The van der Waals surface area contributed by atoms with Gasteiger partial charge in [0.1, 0.15) is 5.15 Å². The van der Waals surface area contributed by atoms with E-state index in [2.05, 4.69) is 10.3 Å². The molecule has 1 aliphatic rings. The number of carbonyl (C=O) groups is 2. The number of anilines is 2. The lowest BCUT2D eigenvalue weighted by atomic mass is 10.1. The molecule has 11 heteroatoms. The average Bonchev–Trinajstić information content (AvgIpc) is 2.73. The van der Waals surface area contributed by atoms with Crippen molar-refractivity contribution in [2.45, 2.75) is 19.2 Å². The molecule has 0 saturated carbocycles. The summed E-state index contributed by atoms with van der Waals surface area (Å²) >= 11 is 5.84. The van der Waals surface area contributed by atoms with E-state index in [9.17, 15) is 22.8 Å². The van der Waals surface area contributed by atoms with Crippen LogP contribution in [0.4, 0.5) is 24.5 Å². The number of aromatic nitrogens is 1. The van der Waals surface area contributed by atoms with Crippen molar-refractivity contribution in [3.63, 3.8) is 0 Å². The number of hydrogen-bond acceptors (Lipinski definition) is 6. The van der Waals surface area contributed by atoms with Crippen LogP contribution in [0.2, 0.25) is 5.15 Å². The van der Waals surface area contributed by atoms with Gasteiger partial charge in [0.15, 0.2) is 6.10 Å². The van der Waals surface area contributed by atoms with Gasteiger partial charge in [0.05, 0.1) is 35.7 Å². The average molecular weight is 458 g/mol. The van der Waals surface area contributed by atoms with Gasteiger partial charge in [-0.05, 0) is 37.3 Å². The Morgan fingerprint density at radius 1 is 1.26 bits per heavy atom. The Hall–Kier alpha value is -2.85. The number of benzene rings is 1. The van der Waals surface area contributed by atoms with Crippen molar-refractivity contribution in [3.8, 4) is 0 Å². The number of nitrogens with one attached hydrogen (secondary N) is 1. The highest BCUT2D eigenvalue weighted by molar-refractivity contribution is 6.32. The van der Waals surface area contributed by atoms with E-state index in [1.807, 2.05) is 4.90 Å². The van der Waals surface area contributed by atoms with Gasteiger partial charge < -0.3 is 19.7 Å². The van der Waals surface area contributed by atoms with Crippen LogP contribution >= 0.6 is 11.6 Å². The molecular weight excluding hydrogens is 439 g/mol. The van der Waals surface area contributed by atoms with Gasteiger partial charge in [0, 0.05) is 19.3 Å². The fourth-order valence-electron chi connectivity index (χ4n) is 2.94. The fraction of sp³-hybridized carbons (Fsp3) is 0.350. The first-order chi connectivity index (χ1) is 14.7. The smallest absolute Gasteiger partial charge is 0.416 e. The quantitative estimate of drug-likeness (QED) is 0.543. The molecule has 0 bridgehead atoms. The Labute approximate surface area is 181 Å². The molecule has 166 valence electrons. The molecule has 7 nitrogen and oxygen atoms in total. The zero-order chi connectivity index (χ0) is 22.6. The van der Waals surface area contributed by atoms with Gasteiger partial charge in [-0.25, -0.2) is 9.78 Å². The topological polar surface area (TPSA) is 80.8 Å². The van der Waals surface area contributed by atoms with E-state index in [0.29, 0.717) is 32.0 Å². The second kappa shape index (κ2) is 9.52. The number of alkyl halides is 3. The Morgan fingerprint density at radius 3 is 2.61 bits per heavy atom. The molecular formula is C20H19ClF3N3O4. The van der Waals surface area contributed by atoms with E-state index < -0.39 is 29.7 Å². The maximum absolute atomic E-state index is 13.2. The van der Waals surface area contributed by atoms with Crippen LogP contribution in [0.3, 0.4) is 0 Å². The van der Waals surface area contributed by atoms with E-state index in [-0.39, 0.29) is 16.4 Å². The van der Waals surface area contributed by atoms with Crippen molar-refractivity contribution >= 4 is 34.9 Å². The number of hydrogen-bond donors (Lipinski definition) is 1. The molecule has 0 aliphatic carbocycles. The molecule has 1 aromatic heterocycles. The third kappa shape index (κ3) is 5.65. The highest BCUT2D eigenvalue weighted by Crippen LogP contribution is 2.36. The molecule has 2 heterocycles. The lowest BCUT2D eigenvalue weighted by Crippen LogP contribution is -2.37. The lowest BCUT2D eigenvalue weighted by Gasteiger charge is -2.31. The number of morpholine rings is 1. The molecule has 1 atom stereocenters. The van der Waals surface area contributed by atoms with Gasteiger partial charge >= 0.3 is 12.1 Å². The predicted octanol–water partition coefficient (Wildman–Crippen LogP) is 3.77. The highest BCUT2D eigenvalue weighted by Gasteiger charge is 2.32. The van der Waals surface area contributed by atoms with E-state index in [1.165, 1.54) is 31.3 Å². The van der Waals surface area contributed by atoms with Crippen LogP contribution in [0.15, 0.2) is 36.5 Å². The maximum Gasteiger partial charge on any atom is 0.416 e. The van der Waals surface area contributed by atoms with E-state index in [0.717, 1.165) is 12.1 Å². The number of nitrogens with zero attached hydrogens (tertiary/aromatic N) is 2. The van der Waals surface area contributed by atoms with Crippen molar-refractivity contribution in [2.24, 2.45) is 0 Å². The Balaban J connectivity index is 1.79. The monoisotopic (exact) mass is 457 g/mol. The van der Waals surface area contributed by atoms with Crippen LogP contribution < -0.4 is 10.2 Å². The number of pyridine rings is 1. The summed E-state index contributed by atoms with van der Waals surface area (Å²) in [6.45, 7) is 3.04. The SMILES string of the molecule is CC(OC(=O)c1cccnc1Cl)C(=O)Nc1cc(C(F)(F)F)ccc1N1CCOCC1. The molecule has 1 aliphatic heterocycles. The Kier molecular flexibility index (Phi) is 7.01. The van der Waals surface area contributed by atoms with Crippen LogP contribution in [0.1, 0.15) is 22.8 Å². The van der Waals surface area contributed by atoms with Gasteiger partial charge in [-0.3, -0.25) is 4.79 Å². The normalized spacial score (nSPS) is 15.3. The summed E-state index contributed by atoms with van der Waals surface area (Å²) in [4.78, 5) is 30.4. The zero-order valence-corrected chi connectivity index (χ0v) is 17.2. The number of rotatable bonds is 5. The summed E-state index contributed by atoms with van der Waals surface area (Å²) in [6.07, 6.45) is -4.50. The van der Waals surface area contributed by atoms with Crippen molar-refractivity contribution in [1.82, 2.24) is 4.98 Å². The fourth-order valence-corrected chi connectivity index (χ4v) is 3.14. The lowest BCUT2D eigenvalue weighted by molar-refractivity contribution is -0.137. The number of halogens is 4. The summed E-state index contributed by atoms with van der Waals surface area (Å²) < 4.78 is 50.0. The standard InChI is InChI=1S/C20H19ClF3N3O4/c1-12(31-19(29)14-3-2-6-25-17(14)21)18(28)26-15-11-13(20(22,23)24)4-5-16(15)27-7-9-30-10-8-27/h2-6,11-12H,7-10H2,1H3,(H,26,28). The Morgan fingerprint density at radius 2 is 1.97 bits per heavy atom. The molecule has 31 heavy (non-hydrogen) atoms. The summed E-state index contributed by atoms with van der Waals surface area (Å²) in [5, 5.41) is 2.35. The van der Waals surface area contributed by atoms with Gasteiger partial charge in [-0.2, -0.15) is 13.2 Å². The zero-order valence-electron chi connectivity index (χ0n) is 16.4. The molecule has 0 spiro atoms. The van der Waals surface area contributed by atoms with Crippen molar-refractivity contribution in [1.29, 1.82) is 0 Å². The van der Waals surface area contributed by atoms with Gasteiger partial charge in [-0.15, -0.1) is 0 Å². The number of esters is 1. The van der Waals surface area contributed by atoms with Gasteiger partial charge in [-0.1, -0.05) is 11.6 Å². The molecule has 1 saturated heterocycles. The second-order valence-corrected chi connectivity index (χ2v) is 7.07. The minimum absolute atomic E-state index is 0.0307. The molecule has 1 aromatic carbocycles. The van der Waals surface area contributed by atoms with E-state index in [4.69, 9.17) is 21.1 Å². The maximum atomic E-state index is 13.2. The number of ether oxygens (including phenoxy) is 2. The van der Waals surface area contributed by atoms with Gasteiger partial charge in [0.2, 0.25) is 0 Å². The molecule has 2 aromatic rings. The molecule has 0 radical (unpaired) electrons. The second-order valence-electron chi connectivity index (χ2n) is 6.71. The van der Waals surface area contributed by atoms with Crippen molar-refractivity contribution < 1.29 is 32.2 Å². The molecule has 1 amide bonds. The van der Waals surface area contributed by atoms with Crippen LogP contribution in [0, 0.1) is 0 Å². The summed E-state index contributed by atoms with van der Waals surface area (Å²) in [6, 6.07) is 5.97. The number of amides is 1. The summed E-state index contributed by atoms with van der Waals surface area (Å²) in [7, 11) is 0. The first kappa shape index (κ1) is 22.8. The first-order valence-corrected chi connectivity index (χ1v) is 9.71. The third-order valence-corrected chi connectivity index (χ3v) is 4.87. The van der Waals surface area contributed by atoms with Crippen LogP contribution in [-0.2, 0) is 20.4 Å². The van der Waals surface area contributed by atoms with Crippen molar-refractivity contribution in [3.05, 3.63) is 52.8 Å². The largest absolute Gasteiger partial charge is 0.449 e. The first-order valence-electron chi connectivity index (χ1n) is 9.33. The predicted molar refractivity (Wildman–Crippen MR) is 107 cm³/mol. The highest BCUT2D eigenvalue weighted by atomic mass is 35.5.